The Labute approximate surface area is 117 Å². The highest BCUT2D eigenvalue weighted by molar-refractivity contribution is 7.89. The topological polar surface area (TPSA) is 113 Å². The van der Waals surface area contributed by atoms with E-state index in [2.05, 4.69) is 5.32 Å². The molecule has 0 radical (unpaired) electrons. The summed E-state index contributed by atoms with van der Waals surface area (Å²) in [5.74, 6) is 0. The molecule has 0 amide bonds. The Morgan fingerprint density at radius 1 is 1.45 bits per heavy atom. The first-order chi connectivity index (χ1) is 9.38. The number of aliphatic hydroxyl groups is 1. The first-order valence-electron chi connectivity index (χ1n) is 5.95. The summed E-state index contributed by atoms with van der Waals surface area (Å²) >= 11 is 0. The zero-order chi connectivity index (χ0) is 15.3. The second kappa shape index (κ2) is 6.64. The van der Waals surface area contributed by atoms with Crippen LogP contribution in [0.15, 0.2) is 23.1 Å². The fourth-order valence-corrected chi connectivity index (χ4v) is 3.35. The van der Waals surface area contributed by atoms with Crippen LogP contribution >= 0.6 is 0 Å². The van der Waals surface area contributed by atoms with Crippen molar-refractivity contribution in [1.82, 2.24) is 4.31 Å². The SMILES string of the molecule is CCN(CCO)S(=O)(=O)c1cc(NC)ccc1[N+](=O)[O-]. The molecule has 0 saturated carbocycles. The van der Waals surface area contributed by atoms with Crippen molar-refractivity contribution in [3.63, 3.8) is 0 Å². The number of benzene rings is 1. The first-order valence-corrected chi connectivity index (χ1v) is 7.39. The third-order valence-corrected chi connectivity index (χ3v) is 4.77. The third kappa shape index (κ3) is 3.24. The molecule has 0 heterocycles. The van der Waals surface area contributed by atoms with Crippen LogP contribution in [0, 0.1) is 10.1 Å². The van der Waals surface area contributed by atoms with E-state index in [1.165, 1.54) is 12.1 Å². The van der Waals surface area contributed by atoms with Crippen LogP contribution in [0.4, 0.5) is 11.4 Å². The molecule has 0 aromatic heterocycles. The van der Waals surface area contributed by atoms with Gasteiger partial charge >= 0.3 is 0 Å². The van der Waals surface area contributed by atoms with Crippen LogP contribution in [-0.4, -0.2) is 49.5 Å². The van der Waals surface area contributed by atoms with Crippen LogP contribution in [0.3, 0.4) is 0 Å². The van der Waals surface area contributed by atoms with Crippen molar-refractivity contribution in [3.8, 4) is 0 Å². The smallest absolute Gasteiger partial charge is 0.289 e. The van der Waals surface area contributed by atoms with E-state index >= 15 is 0 Å². The number of nitrogens with zero attached hydrogens (tertiary/aromatic N) is 2. The van der Waals surface area contributed by atoms with E-state index in [0.717, 1.165) is 10.4 Å². The van der Waals surface area contributed by atoms with E-state index in [0.29, 0.717) is 5.69 Å². The number of nitro benzene ring substituents is 1. The van der Waals surface area contributed by atoms with Crippen molar-refractivity contribution in [1.29, 1.82) is 0 Å². The van der Waals surface area contributed by atoms with Gasteiger partial charge in [0, 0.05) is 31.9 Å². The van der Waals surface area contributed by atoms with Crippen molar-refractivity contribution < 1.29 is 18.4 Å². The summed E-state index contributed by atoms with van der Waals surface area (Å²) in [6.07, 6.45) is 0. The van der Waals surface area contributed by atoms with Crippen LogP contribution in [0.25, 0.3) is 0 Å². The van der Waals surface area contributed by atoms with Crippen LogP contribution < -0.4 is 5.32 Å². The highest BCUT2D eigenvalue weighted by Crippen LogP contribution is 2.29. The standard InChI is InChI=1S/C11H17N3O5S/c1-3-13(6-7-15)20(18,19)11-8-9(12-2)4-5-10(11)14(16)17/h4-5,8,12,15H,3,6-7H2,1-2H3. The Balaban J connectivity index is 3.45. The number of nitrogens with one attached hydrogen (secondary N) is 1. The lowest BCUT2D eigenvalue weighted by Crippen LogP contribution is -2.33. The molecule has 1 aromatic rings. The van der Waals surface area contributed by atoms with Gasteiger partial charge in [0.05, 0.1) is 11.5 Å². The second-order valence-electron chi connectivity index (χ2n) is 3.91. The van der Waals surface area contributed by atoms with Gasteiger partial charge in [-0.2, -0.15) is 4.31 Å². The summed E-state index contributed by atoms with van der Waals surface area (Å²) in [6, 6.07) is 3.79. The molecule has 0 bridgehead atoms. The van der Waals surface area contributed by atoms with Crippen LogP contribution in [-0.2, 0) is 10.0 Å². The van der Waals surface area contributed by atoms with Gasteiger partial charge in [0.2, 0.25) is 10.0 Å². The number of anilines is 1. The molecular formula is C11H17N3O5S. The lowest BCUT2D eigenvalue weighted by molar-refractivity contribution is -0.387. The van der Waals surface area contributed by atoms with Gasteiger partial charge in [-0.05, 0) is 12.1 Å². The highest BCUT2D eigenvalue weighted by Gasteiger charge is 2.30. The Morgan fingerprint density at radius 2 is 2.10 bits per heavy atom. The van der Waals surface area contributed by atoms with E-state index in [-0.39, 0.29) is 24.6 Å². The lowest BCUT2D eigenvalue weighted by Gasteiger charge is -2.19. The third-order valence-electron chi connectivity index (χ3n) is 2.77. The molecule has 112 valence electrons. The van der Waals surface area contributed by atoms with E-state index in [9.17, 15) is 18.5 Å². The minimum Gasteiger partial charge on any atom is -0.395 e. The molecule has 8 nitrogen and oxygen atoms in total. The van der Waals surface area contributed by atoms with Gasteiger partial charge in [-0.25, -0.2) is 8.42 Å². The summed E-state index contributed by atoms with van der Waals surface area (Å²) in [6.45, 7) is 1.25. The molecule has 1 aromatic carbocycles. The maximum atomic E-state index is 12.4. The summed E-state index contributed by atoms with van der Waals surface area (Å²) in [5, 5.41) is 22.6. The summed E-state index contributed by atoms with van der Waals surface area (Å²) in [5.41, 5.74) is -0.0328. The molecule has 0 aliphatic carbocycles. The maximum Gasteiger partial charge on any atom is 0.289 e. The zero-order valence-electron chi connectivity index (χ0n) is 11.2. The summed E-state index contributed by atoms with van der Waals surface area (Å²) < 4.78 is 25.9. The molecular weight excluding hydrogens is 286 g/mol. The fourth-order valence-electron chi connectivity index (χ4n) is 1.73. The van der Waals surface area contributed by atoms with Gasteiger partial charge in [-0.3, -0.25) is 10.1 Å². The van der Waals surface area contributed by atoms with Gasteiger partial charge in [0.1, 0.15) is 0 Å². The van der Waals surface area contributed by atoms with Gasteiger partial charge < -0.3 is 10.4 Å². The monoisotopic (exact) mass is 303 g/mol. The van der Waals surface area contributed by atoms with Crippen LogP contribution in [0.2, 0.25) is 0 Å². The Kier molecular flexibility index (Phi) is 5.43. The normalized spacial score (nSPS) is 11.6. The number of hydrogen-bond donors (Lipinski definition) is 2. The van der Waals surface area contributed by atoms with E-state index in [4.69, 9.17) is 5.11 Å². The Hall–Kier alpha value is -1.71. The number of likely N-dealkylation sites (N-methyl/N-ethyl adjacent to an activating group) is 1. The highest BCUT2D eigenvalue weighted by atomic mass is 32.2. The van der Waals surface area contributed by atoms with Crippen LogP contribution in [0.5, 0.6) is 0 Å². The molecule has 2 N–H and O–H groups in total. The average Bonchev–Trinajstić information content (AvgIpc) is 2.43. The van der Waals surface area contributed by atoms with Gasteiger partial charge in [-0.1, -0.05) is 6.92 Å². The largest absolute Gasteiger partial charge is 0.395 e. The van der Waals surface area contributed by atoms with E-state index in [1.54, 1.807) is 14.0 Å². The minimum absolute atomic E-state index is 0.111. The number of sulfonamides is 1. The molecule has 0 aliphatic heterocycles. The first kappa shape index (κ1) is 16.3. The summed E-state index contributed by atoms with van der Waals surface area (Å²) in [7, 11) is -2.44. The van der Waals surface area contributed by atoms with Crippen molar-refractivity contribution in [2.45, 2.75) is 11.8 Å². The average molecular weight is 303 g/mol. The maximum absolute atomic E-state index is 12.4. The van der Waals surface area contributed by atoms with Gasteiger partial charge in [-0.15, -0.1) is 0 Å². The molecule has 0 unspecified atom stereocenters. The number of rotatable bonds is 7. The van der Waals surface area contributed by atoms with Crippen LogP contribution in [0.1, 0.15) is 6.92 Å². The molecule has 20 heavy (non-hydrogen) atoms. The molecule has 0 fully saturated rings. The predicted octanol–water partition coefficient (Wildman–Crippen LogP) is 0.639. The van der Waals surface area contributed by atoms with Gasteiger partial charge in [0.15, 0.2) is 4.90 Å². The molecule has 0 atom stereocenters. The fraction of sp³-hybridized carbons (Fsp3) is 0.455. The number of nitro groups is 1. The number of aliphatic hydroxyl groups excluding tert-OH is 1. The van der Waals surface area contributed by atoms with Gasteiger partial charge in [0.25, 0.3) is 5.69 Å². The van der Waals surface area contributed by atoms with Crippen molar-refractivity contribution in [2.75, 3.05) is 32.1 Å². The van der Waals surface area contributed by atoms with Crippen molar-refractivity contribution in [3.05, 3.63) is 28.3 Å². The minimum atomic E-state index is -4.03. The predicted molar refractivity (Wildman–Crippen MR) is 74.2 cm³/mol. The molecule has 0 spiro atoms. The Bertz CT molecular complexity index is 588. The van der Waals surface area contributed by atoms with Crippen molar-refractivity contribution in [2.24, 2.45) is 0 Å². The molecule has 0 aliphatic rings. The zero-order valence-corrected chi connectivity index (χ0v) is 12.1. The summed E-state index contributed by atoms with van der Waals surface area (Å²) in [4.78, 5) is 9.87. The quantitative estimate of drug-likeness (QED) is 0.564. The second-order valence-corrected chi connectivity index (χ2v) is 5.82. The molecule has 1 rings (SSSR count). The van der Waals surface area contributed by atoms with Crippen molar-refractivity contribution >= 4 is 21.4 Å². The lowest BCUT2D eigenvalue weighted by atomic mass is 10.3. The Morgan fingerprint density at radius 3 is 2.55 bits per heavy atom. The van der Waals surface area contributed by atoms with E-state index < -0.39 is 20.6 Å². The number of hydrogen-bond acceptors (Lipinski definition) is 6. The van der Waals surface area contributed by atoms with E-state index in [1.807, 2.05) is 0 Å². The molecule has 9 heteroatoms. The molecule has 0 saturated heterocycles.